The Morgan fingerprint density at radius 3 is 2.62 bits per heavy atom. The molecule has 0 saturated heterocycles. The smallest absolute Gasteiger partial charge is 0.387 e. The number of rotatable bonds is 5. The summed E-state index contributed by atoms with van der Waals surface area (Å²) in [6.45, 7) is 0.620. The number of hydrogen-bond acceptors (Lipinski definition) is 2. The molecular weight excluding hydrogens is 300 g/mol. The van der Waals surface area contributed by atoms with Crippen molar-refractivity contribution in [1.82, 2.24) is 4.57 Å². The molecule has 0 N–H and O–H groups in total. The van der Waals surface area contributed by atoms with Crippen LogP contribution in [0.2, 0.25) is 0 Å². The van der Waals surface area contributed by atoms with Crippen molar-refractivity contribution in [2.45, 2.75) is 20.5 Å². The lowest BCUT2D eigenvalue weighted by Gasteiger charge is -2.15. The number of ether oxygens (including phenoxy) is 1. The standard InChI is InChI=1S/C15H14ClF2NO2/c1-9-7-11(13(20)8-16)10(2)19(9)12-5-3-4-6-14(12)21-15(17)18/h3-7,15H,8H2,1-2H3. The van der Waals surface area contributed by atoms with Crippen LogP contribution in [0, 0.1) is 13.8 Å². The summed E-state index contributed by atoms with van der Waals surface area (Å²) in [5.74, 6) is -0.276. The van der Waals surface area contributed by atoms with Gasteiger partial charge in [-0.15, -0.1) is 11.6 Å². The average Bonchev–Trinajstić information content (AvgIpc) is 2.73. The van der Waals surface area contributed by atoms with Crippen molar-refractivity contribution in [2.75, 3.05) is 5.88 Å². The molecule has 1 heterocycles. The Hall–Kier alpha value is -1.88. The minimum Gasteiger partial charge on any atom is -0.433 e. The highest BCUT2D eigenvalue weighted by molar-refractivity contribution is 6.30. The second kappa shape index (κ2) is 6.26. The molecule has 3 nitrogen and oxygen atoms in total. The summed E-state index contributed by atoms with van der Waals surface area (Å²) in [6.07, 6.45) is 0. The zero-order valence-corrected chi connectivity index (χ0v) is 12.3. The van der Waals surface area contributed by atoms with Crippen LogP contribution in [0.3, 0.4) is 0 Å². The maximum absolute atomic E-state index is 12.5. The van der Waals surface area contributed by atoms with Crippen LogP contribution in [-0.2, 0) is 0 Å². The maximum Gasteiger partial charge on any atom is 0.387 e. The van der Waals surface area contributed by atoms with E-state index in [0.717, 1.165) is 5.69 Å². The number of ketones is 1. The fourth-order valence-electron chi connectivity index (χ4n) is 2.33. The van der Waals surface area contributed by atoms with Crippen molar-refractivity contribution < 1.29 is 18.3 Å². The van der Waals surface area contributed by atoms with E-state index in [9.17, 15) is 13.6 Å². The number of alkyl halides is 3. The fraction of sp³-hybridized carbons (Fsp3) is 0.267. The zero-order chi connectivity index (χ0) is 15.6. The highest BCUT2D eigenvalue weighted by Gasteiger charge is 2.18. The molecular formula is C15H14ClF2NO2. The summed E-state index contributed by atoms with van der Waals surface area (Å²) < 4.78 is 31.3. The predicted molar refractivity (Wildman–Crippen MR) is 76.9 cm³/mol. The van der Waals surface area contributed by atoms with Gasteiger partial charge in [0.2, 0.25) is 0 Å². The molecule has 6 heteroatoms. The van der Waals surface area contributed by atoms with Gasteiger partial charge in [-0.05, 0) is 32.0 Å². The molecule has 0 saturated carbocycles. The third kappa shape index (κ3) is 3.08. The van der Waals surface area contributed by atoms with E-state index in [1.54, 1.807) is 42.7 Å². The molecule has 0 radical (unpaired) electrons. The molecule has 0 atom stereocenters. The molecule has 2 aromatic rings. The molecule has 0 bridgehead atoms. The van der Waals surface area contributed by atoms with Crippen molar-refractivity contribution in [2.24, 2.45) is 0 Å². The lowest BCUT2D eigenvalue weighted by Crippen LogP contribution is -2.08. The van der Waals surface area contributed by atoms with Crippen LogP contribution in [0.4, 0.5) is 8.78 Å². The average molecular weight is 314 g/mol. The Bertz CT molecular complexity index is 668. The fourth-order valence-corrected chi connectivity index (χ4v) is 2.47. The van der Waals surface area contributed by atoms with Gasteiger partial charge in [0.25, 0.3) is 0 Å². The van der Waals surface area contributed by atoms with E-state index in [4.69, 9.17) is 11.6 Å². The van der Waals surface area contributed by atoms with Gasteiger partial charge in [0.15, 0.2) is 5.78 Å². The number of carbonyl (C=O) groups is 1. The van der Waals surface area contributed by atoms with E-state index >= 15 is 0 Å². The first kappa shape index (κ1) is 15.5. The van der Waals surface area contributed by atoms with Crippen LogP contribution in [0.1, 0.15) is 21.7 Å². The molecule has 0 spiro atoms. The van der Waals surface area contributed by atoms with Crippen molar-refractivity contribution in [3.8, 4) is 11.4 Å². The first-order chi connectivity index (χ1) is 9.95. The highest BCUT2D eigenvalue weighted by Crippen LogP contribution is 2.29. The van der Waals surface area contributed by atoms with Crippen molar-refractivity contribution in [3.63, 3.8) is 0 Å². The van der Waals surface area contributed by atoms with Gasteiger partial charge in [-0.1, -0.05) is 12.1 Å². The monoisotopic (exact) mass is 313 g/mol. The highest BCUT2D eigenvalue weighted by atomic mass is 35.5. The van der Waals surface area contributed by atoms with Crippen LogP contribution in [0.5, 0.6) is 5.75 Å². The van der Waals surface area contributed by atoms with Gasteiger partial charge in [0, 0.05) is 17.0 Å². The number of hydrogen-bond donors (Lipinski definition) is 0. The second-order valence-corrected chi connectivity index (χ2v) is 4.79. The molecule has 0 amide bonds. The SMILES string of the molecule is Cc1cc(C(=O)CCl)c(C)n1-c1ccccc1OC(F)F. The summed E-state index contributed by atoms with van der Waals surface area (Å²) in [6, 6.07) is 8.14. The van der Waals surface area contributed by atoms with Gasteiger partial charge in [-0.3, -0.25) is 4.79 Å². The molecule has 0 aliphatic heterocycles. The molecule has 0 unspecified atom stereocenters. The van der Waals surface area contributed by atoms with Gasteiger partial charge in [0.1, 0.15) is 5.75 Å². The normalized spacial score (nSPS) is 11.0. The van der Waals surface area contributed by atoms with Crippen LogP contribution in [0.15, 0.2) is 30.3 Å². The Morgan fingerprint density at radius 1 is 1.33 bits per heavy atom. The Morgan fingerprint density at radius 2 is 2.00 bits per heavy atom. The number of nitrogens with zero attached hydrogens (tertiary/aromatic N) is 1. The summed E-state index contributed by atoms with van der Waals surface area (Å²) in [5, 5.41) is 0. The van der Waals surface area contributed by atoms with Crippen LogP contribution >= 0.6 is 11.6 Å². The quantitative estimate of drug-likeness (QED) is 0.614. The maximum atomic E-state index is 12.5. The number of aromatic nitrogens is 1. The second-order valence-electron chi connectivity index (χ2n) is 4.52. The predicted octanol–water partition coefficient (Wildman–Crippen LogP) is 4.12. The van der Waals surface area contributed by atoms with Gasteiger partial charge >= 0.3 is 6.61 Å². The molecule has 0 aliphatic carbocycles. The number of benzene rings is 1. The molecule has 21 heavy (non-hydrogen) atoms. The lowest BCUT2D eigenvalue weighted by molar-refractivity contribution is -0.0498. The Labute approximate surface area is 126 Å². The van der Waals surface area contributed by atoms with Crippen molar-refractivity contribution in [3.05, 3.63) is 47.3 Å². The summed E-state index contributed by atoms with van der Waals surface area (Å²) >= 11 is 5.58. The summed E-state index contributed by atoms with van der Waals surface area (Å²) in [5.41, 5.74) is 2.32. The van der Waals surface area contributed by atoms with Crippen LogP contribution < -0.4 is 4.74 Å². The lowest BCUT2D eigenvalue weighted by atomic mass is 10.2. The third-order valence-corrected chi connectivity index (χ3v) is 3.42. The van der Waals surface area contributed by atoms with Crippen molar-refractivity contribution >= 4 is 17.4 Å². The number of aryl methyl sites for hydroxylation is 1. The first-order valence-corrected chi connectivity index (χ1v) is 6.81. The number of halogens is 3. The van der Waals surface area contributed by atoms with E-state index in [-0.39, 0.29) is 17.4 Å². The molecule has 1 aromatic carbocycles. The first-order valence-electron chi connectivity index (χ1n) is 6.28. The van der Waals surface area contributed by atoms with E-state index in [2.05, 4.69) is 4.74 Å². The minimum atomic E-state index is -2.91. The molecule has 112 valence electrons. The number of carbonyl (C=O) groups excluding carboxylic acids is 1. The van der Waals surface area contributed by atoms with E-state index in [1.807, 2.05) is 0 Å². The van der Waals surface area contributed by atoms with E-state index in [0.29, 0.717) is 16.9 Å². The van der Waals surface area contributed by atoms with E-state index in [1.165, 1.54) is 6.07 Å². The van der Waals surface area contributed by atoms with Crippen LogP contribution in [0.25, 0.3) is 5.69 Å². The van der Waals surface area contributed by atoms with E-state index < -0.39 is 6.61 Å². The van der Waals surface area contributed by atoms with Gasteiger partial charge in [-0.2, -0.15) is 8.78 Å². The van der Waals surface area contributed by atoms with Gasteiger partial charge in [0.05, 0.1) is 11.6 Å². The third-order valence-electron chi connectivity index (χ3n) is 3.18. The van der Waals surface area contributed by atoms with Crippen LogP contribution in [-0.4, -0.2) is 22.8 Å². The summed E-state index contributed by atoms with van der Waals surface area (Å²) in [4.78, 5) is 11.8. The topological polar surface area (TPSA) is 31.2 Å². The van der Waals surface area contributed by atoms with Gasteiger partial charge < -0.3 is 9.30 Å². The molecule has 2 rings (SSSR count). The largest absolute Gasteiger partial charge is 0.433 e. The molecule has 0 aliphatic rings. The van der Waals surface area contributed by atoms with Gasteiger partial charge in [-0.25, -0.2) is 0 Å². The summed E-state index contributed by atoms with van der Waals surface area (Å²) in [7, 11) is 0. The van der Waals surface area contributed by atoms with Crippen molar-refractivity contribution in [1.29, 1.82) is 0 Å². The number of Topliss-reactive ketones (excluding diaryl/α,β-unsaturated/α-hetero) is 1. The zero-order valence-electron chi connectivity index (χ0n) is 11.6. The molecule has 1 aromatic heterocycles. The minimum absolute atomic E-state index is 0.0548. The Kier molecular flexibility index (Phi) is 4.63. The molecule has 0 fully saturated rings. The number of para-hydroxylation sites is 2. The Balaban J connectivity index is 2.57.